The summed E-state index contributed by atoms with van der Waals surface area (Å²) in [7, 11) is 4.22. The molecule has 1 aliphatic carbocycles. The standard InChI is InChI=1S/C23H40N4O2/c1-22(2)9-10-23(17-29-22)7-5-18(6-8-23)21-19(15-26(4)12-11-24-3)25-27-13-14-28-16-20(21)27/h18,24H,5-17H2,1-4H3. The monoisotopic (exact) mass is 404 g/mol. The maximum atomic E-state index is 6.24. The highest BCUT2D eigenvalue weighted by molar-refractivity contribution is 5.31. The summed E-state index contributed by atoms with van der Waals surface area (Å²) >= 11 is 0. The smallest absolute Gasteiger partial charge is 0.0888 e. The first-order valence-electron chi connectivity index (χ1n) is 11.5. The van der Waals surface area contributed by atoms with Crippen LogP contribution in [0.25, 0.3) is 0 Å². The van der Waals surface area contributed by atoms with Crippen LogP contribution >= 0.6 is 0 Å². The minimum absolute atomic E-state index is 0.0653. The van der Waals surface area contributed by atoms with Crippen LogP contribution in [0, 0.1) is 5.41 Å². The molecule has 1 saturated heterocycles. The Bertz CT molecular complexity index is 679. The van der Waals surface area contributed by atoms with Gasteiger partial charge in [-0.2, -0.15) is 5.10 Å². The second kappa shape index (κ2) is 8.66. The molecule has 2 aliphatic heterocycles. The van der Waals surface area contributed by atoms with Crippen LogP contribution in [0.2, 0.25) is 0 Å². The Labute approximate surface area is 176 Å². The van der Waals surface area contributed by atoms with Crippen LogP contribution in [0.15, 0.2) is 0 Å². The minimum Gasteiger partial charge on any atom is -0.375 e. The molecule has 6 nitrogen and oxygen atoms in total. The lowest BCUT2D eigenvalue weighted by Crippen LogP contribution is -2.42. The first-order chi connectivity index (χ1) is 13.9. The topological polar surface area (TPSA) is 51.6 Å². The van der Waals surface area contributed by atoms with Crippen molar-refractivity contribution in [2.45, 2.75) is 83.6 Å². The Morgan fingerprint density at radius 1 is 1.21 bits per heavy atom. The zero-order valence-corrected chi connectivity index (χ0v) is 18.9. The molecule has 0 bridgehead atoms. The van der Waals surface area contributed by atoms with E-state index in [1.165, 1.54) is 55.5 Å². The maximum Gasteiger partial charge on any atom is 0.0888 e. The lowest BCUT2D eigenvalue weighted by atomic mass is 9.65. The van der Waals surface area contributed by atoms with E-state index in [2.05, 4.69) is 35.8 Å². The quantitative estimate of drug-likeness (QED) is 0.788. The molecule has 2 fully saturated rings. The molecule has 0 atom stereocenters. The summed E-state index contributed by atoms with van der Waals surface area (Å²) < 4.78 is 14.3. The summed E-state index contributed by atoms with van der Waals surface area (Å²) in [6.07, 6.45) is 7.60. The predicted octanol–water partition coefficient (Wildman–Crippen LogP) is 3.30. The summed E-state index contributed by atoms with van der Waals surface area (Å²) in [5.41, 5.74) is 4.62. The van der Waals surface area contributed by atoms with Gasteiger partial charge >= 0.3 is 0 Å². The van der Waals surface area contributed by atoms with Gasteiger partial charge < -0.3 is 14.8 Å². The molecule has 0 radical (unpaired) electrons. The van der Waals surface area contributed by atoms with Crippen LogP contribution in [0.4, 0.5) is 0 Å². The van der Waals surface area contributed by atoms with Crippen molar-refractivity contribution in [2.75, 3.05) is 40.4 Å². The van der Waals surface area contributed by atoms with Crippen LogP contribution in [0.5, 0.6) is 0 Å². The van der Waals surface area contributed by atoms with Gasteiger partial charge in [-0.1, -0.05) is 0 Å². The van der Waals surface area contributed by atoms with Gasteiger partial charge in [-0.15, -0.1) is 0 Å². The molecule has 1 saturated carbocycles. The van der Waals surface area contributed by atoms with E-state index >= 15 is 0 Å². The van der Waals surface area contributed by atoms with E-state index in [9.17, 15) is 0 Å². The zero-order chi connectivity index (χ0) is 20.5. The zero-order valence-electron chi connectivity index (χ0n) is 18.9. The molecule has 3 aliphatic rings. The van der Waals surface area contributed by atoms with E-state index in [-0.39, 0.29) is 5.60 Å². The van der Waals surface area contributed by atoms with Crippen molar-refractivity contribution in [3.63, 3.8) is 0 Å². The van der Waals surface area contributed by atoms with Gasteiger partial charge in [-0.25, -0.2) is 0 Å². The Hall–Kier alpha value is -0.950. The Morgan fingerprint density at radius 2 is 2.00 bits per heavy atom. The number of hydrogen-bond acceptors (Lipinski definition) is 5. The van der Waals surface area contributed by atoms with Crippen molar-refractivity contribution in [3.05, 3.63) is 17.0 Å². The van der Waals surface area contributed by atoms with Crippen LogP contribution in [-0.4, -0.2) is 60.7 Å². The minimum atomic E-state index is 0.0653. The van der Waals surface area contributed by atoms with E-state index < -0.39 is 0 Å². The van der Waals surface area contributed by atoms with Gasteiger partial charge in [0, 0.05) is 25.2 Å². The van der Waals surface area contributed by atoms with Gasteiger partial charge in [-0.3, -0.25) is 9.58 Å². The van der Waals surface area contributed by atoms with Crippen LogP contribution in [-0.2, 0) is 29.2 Å². The van der Waals surface area contributed by atoms with E-state index in [4.69, 9.17) is 14.6 Å². The van der Waals surface area contributed by atoms with Gasteiger partial charge in [0.2, 0.25) is 0 Å². The van der Waals surface area contributed by atoms with E-state index in [0.717, 1.165) is 46.0 Å². The second-order valence-electron chi connectivity index (χ2n) is 10.2. The fourth-order valence-corrected chi connectivity index (χ4v) is 5.42. The first-order valence-corrected chi connectivity index (χ1v) is 11.5. The van der Waals surface area contributed by atoms with Gasteiger partial charge in [0.15, 0.2) is 0 Å². The summed E-state index contributed by atoms with van der Waals surface area (Å²) in [5.74, 6) is 0.619. The number of ether oxygens (including phenoxy) is 2. The van der Waals surface area contributed by atoms with Crippen molar-refractivity contribution < 1.29 is 9.47 Å². The number of rotatable bonds is 6. The lowest BCUT2D eigenvalue weighted by molar-refractivity contribution is -0.125. The molecule has 0 aromatic carbocycles. The summed E-state index contributed by atoms with van der Waals surface area (Å²) in [6.45, 7) is 10.8. The van der Waals surface area contributed by atoms with Gasteiger partial charge in [0.25, 0.3) is 0 Å². The van der Waals surface area contributed by atoms with Crippen molar-refractivity contribution in [1.82, 2.24) is 20.0 Å². The third kappa shape index (κ3) is 4.71. The Kier molecular flexibility index (Phi) is 6.35. The highest BCUT2D eigenvalue weighted by atomic mass is 16.5. The number of nitrogens with one attached hydrogen (secondary N) is 1. The summed E-state index contributed by atoms with van der Waals surface area (Å²) in [6, 6.07) is 0. The molecule has 1 N–H and O–H groups in total. The lowest BCUT2D eigenvalue weighted by Gasteiger charge is -2.47. The summed E-state index contributed by atoms with van der Waals surface area (Å²) in [5, 5.41) is 8.30. The van der Waals surface area contributed by atoms with E-state index in [0.29, 0.717) is 11.3 Å². The SMILES string of the molecule is CNCCN(C)Cc1nn2c(c1C1CCC3(CC1)CCC(C)(C)OC3)COCC2. The summed E-state index contributed by atoms with van der Waals surface area (Å²) in [4.78, 5) is 2.39. The predicted molar refractivity (Wildman–Crippen MR) is 115 cm³/mol. The molecule has 1 spiro atoms. The molecular weight excluding hydrogens is 364 g/mol. The van der Waals surface area contributed by atoms with E-state index in [1.807, 2.05) is 7.05 Å². The molecule has 0 unspecified atom stereocenters. The van der Waals surface area contributed by atoms with E-state index in [1.54, 1.807) is 0 Å². The normalized spacial score (nSPS) is 29.3. The van der Waals surface area contributed by atoms with Crippen molar-refractivity contribution in [2.24, 2.45) is 5.41 Å². The molecule has 29 heavy (non-hydrogen) atoms. The highest BCUT2D eigenvalue weighted by Gasteiger charge is 2.43. The van der Waals surface area contributed by atoms with Crippen LogP contribution < -0.4 is 5.32 Å². The Morgan fingerprint density at radius 3 is 2.69 bits per heavy atom. The molecule has 164 valence electrons. The maximum absolute atomic E-state index is 6.24. The Balaban J connectivity index is 1.48. The third-order valence-corrected chi connectivity index (χ3v) is 7.51. The number of likely N-dealkylation sites (N-methyl/N-ethyl adjacent to an activating group) is 2. The van der Waals surface area contributed by atoms with Crippen LogP contribution in [0.3, 0.4) is 0 Å². The largest absolute Gasteiger partial charge is 0.375 e. The average Bonchev–Trinajstić information content (AvgIpc) is 3.07. The molecule has 1 aromatic heterocycles. The molecule has 1 aromatic rings. The van der Waals surface area contributed by atoms with Crippen LogP contribution in [0.1, 0.15) is 75.2 Å². The fraction of sp³-hybridized carbons (Fsp3) is 0.870. The average molecular weight is 405 g/mol. The van der Waals surface area contributed by atoms with Gasteiger partial charge in [-0.05, 0) is 77.8 Å². The molecule has 3 heterocycles. The van der Waals surface area contributed by atoms with Crippen molar-refractivity contribution >= 4 is 0 Å². The molecule has 4 rings (SSSR count). The second-order valence-corrected chi connectivity index (χ2v) is 10.2. The van der Waals surface area contributed by atoms with Gasteiger partial charge in [0.1, 0.15) is 0 Å². The van der Waals surface area contributed by atoms with Gasteiger partial charge in [0.05, 0.1) is 43.4 Å². The third-order valence-electron chi connectivity index (χ3n) is 7.51. The van der Waals surface area contributed by atoms with Crippen molar-refractivity contribution in [3.8, 4) is 0 Å². The molecule has 6 heteroatoms. The number of hydrogen-bond donors (Lipinski definition) is 1. The highest BCUT2D eigenvalue weighted by Crippen LogP contribution is 2.50. The fourth-order valence-electron chi connectivity index (χ4n) is 5.42. The molecule has 0 amide bonds. The number of nitrogens with zero attached hydrogens (tertiary/aromatic N) is 3. The first kappa shape index (κ1) is 21.3. The number of aromatic nitrogens is 2. The number of fused-ring (bicyclic) bond motifs is 1. The molecular formula is C23H40N4O2. The van der Waals surface area contributed by atoms with Crippen molar-refractivity contribution in [1.29, 1.82) is 0 Å².